The third-order valence-corrected chi connectivity index (χ3v) is 4.82. The zero-order valence-electron chi connectivity index (χ0n) is 11.4. The molecular formula is C16H12IN3S2. The van der Waals surface area contributed by atoms with Gasteiger partial charge in [-0.1, -0.05) is 30.3 Å². The molecule has 3 aromatic rings. The number of hydrogen-bond acceptors (Lipinski definition) is 5. The normalized spacial score (nSPS) is 11.0. The lowest BCUT2D eigenvalue weighted by Gasteiger charge is -1.98. The molecule has 22 heavy (non-hydrogen) atoms. The highest BCUT2D eigenvalue weighted by atomic mass is 127. The van der Waals surface area contributed by atoms with Crippen LogP contribution in [0.3, 0.4) is 0 Å². The van der Waals surface area contributed by atoms with Crippen LogP contribution in [0.1, 0.15) is 5.56 Å². The molecule has 0 bridgehead atoms. The number of nitrogens with one attached hydrogen (secondary N) is 1. The Balaban J connectivity index is 1.70. The van der Waals surface area contributed by atoms with Gasteiger partial charge in [-0.15, -0.1) is 24.0 Å². The van der Waals surface area contributed by atoms with E-state index in [0.717, 1.165) is 26.8 Å². The maximum Gasteiger partial charge on any atom is 0.203 e. The molecule has 1 heterocycles. The summed E-state index contributed by atoms with van der Waals surface area (Å²) < 4.78 is 1.21. The molecule has 0 atom stereocenters. The molecule has 0 amide bonds. The SMILES string of the molecule is Sc1ccccc1/C=N\Nc1nc(-c2ccc(I)cc2)cs1. The number of hydrazone groups is 1. The Kier molecular flexibility index (Phi) is 5.12. The van der Waals surface area contributed by atoms with Gasteiger partial charge in [0.15, 0.2) is 0 Å². The van der Waals surface area contributed by atoms with Gasteiger partial charge in [0.2, 0.25) is 5.13 Å². The monoisotopic (exact) mass is 437 g/mol. The van der Waals surface area contributed by atoms with Crippen LogP contribution in [0, 0.1) is 3.57 Å². The number of aromatic nitrogens is 1. The summed E-state index contributed by atoms with van der Waals surface area (Å²) in [4.78, 5) is 5.43. The number of rotatable bonds is 4. The Morgan fingerprint density at radius 1 is 1.14 bits per heavy atom. The highest BCUT2D eigenvalue weighted by Crippen LogP contribution is 2.25. The van der Waals surface area contributed by atoms with Crippen LogP contribution in [0.15, 0.2) is 63.9 Å². The molecule has 0 aliphatic heterocycles. The third kappa shape index (κ3) is 3.88. The van der Waals surface area contributed by atoms with Crippen molar-refractivity contribution in [3.8, 4) is 11.3 Å². The van der Waals surface area contributed by atoms with Crippen molar-refractivity contribution in [1.82, 2.24) is 4.98 Å². The van der Waals surface area contributed by atoms with Crippen molar-refractivity contribution in [3.63, 3.8) is 0 Å². The predicted molar refractivity (Wildman–Crippen MR) is 105 cm³/mol. The second-order valence-corrected chi connectivity index (χ2v) is 7.06. The minimum absolute atomic E-state index is 0.765. The number of thiol groups is 1. The Morgan fingerprint density at radius 3 is 2.68 bits per heavy atom. The van der Waals surface area contributed by atoms with Crippen LogP contribution in [-0.4, -0.2) is 11.2 Å². The second kappa shape index (κ2) is 7.26. The lowest BCUT2D eigenvalue weighted by atomic mass is 10.2. The zero-order valence-corrected chi connectivity index (χ0v) is 15.3. The predicted octanol–water partition coefficient (Wildman–Crippen LogP) is 5.15. The van der Waals surface area contributed by atoms with Crippen LogP contribution in [-0.2, 0) is 0 Å². The quantitative estimate of drug-likeness (QED) is 0.257. The molecule has 0 aliphatic carbocycles. The highest BCUT2D eigenvalue weighted by molar-refractivity contribution is 14.1. The summed E-state index contributed by atoms with van der Waals surface area (Å²) >= 11 is 8.21. The minimum atomic E-state index is 0.765. The lowest BCUT2D eigenvalue weighted by Crippen LogP contribution is -1.91. The molecule has 0 fully saturated rings. The summed E-state index contributed by atoms with van der Waals surface area (Å²) in [6.45, 7) is 0. The second-order valence-electron chi connectivity index (χ2n) is 4.47. The fourth-order valence-corrected chi connectivity index (χ4v) is 3.08. The molecule has 0 saturated carbocycles. The van der Waals surface area contributed by atoms with Crippen molar-refractivity contribution in [2.24, 2.45) is 5.10 Å². The summed E-state index contributed by atoms with van der Waals surface area (Å²) in [5.41, 5.74) is 5.99. The molecule has 0 spiro atoms. The van der Waals surface area contributed by atoms with E-state index in [4.69, 9.17) is 0 Å². The largest absolute Gasteiger partial charge is 0.253 e. The number of anilines is 1. The smallest absolute Gasteiger partial charge is 0.203 e. The van der Waals surface area contributed by atoms with E-state index < -0.39 is 0 Å². The van der Waals surface area contributed by atoms with Gasteiger partial charge in [-0.3, -0.25) is 5.43 Å². The van der Waals surface area contributed by atoms with Crippen molar-refractivity contribution >= 4 is 57.9 Å². The first-order valence-corrected chi connectivity index (χ1v) is 8.91. The van der Waals surface area contributed by atoms with Gasteiger partial charge in [0.1, 0.15) is 0 Å². The average molecular weight is 437 g/mol. The molecule has 1 N–H and O–H groups in total. The van der Waals surface area contributed by atoms with E-state index >= 15 is 0 Å². The Hall–Kier alpha value is -1.38. The van der Waals surface area contributed by atoms with Crippen molar-refractivity contribution in [2.45, 2.75) is 4.90 Å². The lowest BCUT2D eigenvalue weighted by molar-refractivity contribution is 1.28. The molecule has 1 aromatic heterocycles. The first kappa shape index (κ1) is 15.5. The fraction of sp³-hybridized carbons (Fsp3) is 0. The van der Waals surface area contributed by atoms with Crippen LogP contribution in [0.5, 0.6) is 0 Å². The molecule has 0 saturated heterocycles. The van der Waals surface area contributed by atoms with Crippen LogP contribution in [0.2, 0.25) is 0 Å². The van der Waals surface area contributed by atoms with Gasteiger partial charge in [0.25, 0.3) is 0 Å². The number of benzene rings is 2. The van der Waals surface area contributed by atoms with Gasteiger partial charge < -0.3 is 0 Å². The molecular weight excluding hydrogens is 425 g/mol. The van der Waals surface area contributed by atoms with Gasteiger partial charge in [0, 0.05) is 25.0 Å². The molecule has 2 aromatic carbocycles. The summed E-state index contributed by atoms with van der Waals surface area (Å²) in [5, 5.41) is 7.00. The Bertz CT molecular complexity index is 797. The minimum Gasteiger partial charge on any atom is -0.253 e. The maximum atomic E-state index is 4.54. The van der Waals surface area contributed by atoms with E-state index in [-0.39, 0.29) is 0 Å². The number of thiazole rings is 1. The van der Waals surface area contributed by atoms with Crippen molar-refractivity contribution in [3.05, 3.63) is 63.0 Å². The number of hydrogen-bond donors (Lipinski definition) is 2. The summed E-state index contributed by atoms with van der Waals surface area (Å²) in [7, 11) is 0. The topological polar surface area (TPSA) is 37.3 Å². The molecule has 3 nitrogen and oxygen atoms in total. The molecule has 3 rings (SSSR count). The van der Waals surface area contributed by atoms with Crippen LogP contribution >= 0.6 is 46.6 Å². The Labute approximate surface area is 152 Å². The van der Waals surface area contributed by atoms with Gasteiger partial charge >= 0.3 is 0 Å². The molecule has 6 heteroatoms. The van der Waals surface area contributed by atoms with E-state index in [0.29, 0.717) is 0 Å². The first-order valence-electron chi connectivity index (χ1n) is 6.51. The summed E-state index contributed by atoms with van der Waals surface area (Å²) in [6.07, 6.45) is 1.74. The van der Waals surface area contributed by atoms with Gasteiger partial charge in [-0.25, -0.2) is 4.98 Å². The number of nitrogens with zero attached hydrogens (tertiary/aromatic N) is 2. The van der Waals surface area contributed by atoms with Gasteiger partial charge in [-0.05, 0) is 40.8 Å². The molecule has 0 radical (unpaired) electrons. The summed E-state index contributed by atoms with van der Waals surface area (Å²) in [6, 6.07) is 16.1. The average Bonchev–Trinajstić information content (AvgIpc) is 2.99. The standard InChI is InChI=1S/C16H12IN3S2/c17-13-7-5-11(6-8-13)14-10-22-16(19-14)20-18-9-12-3-1-2-4-15(12)21/h1-10,21H,(H,19,20)/b18-9-. The van der Waals surface area contributed by atoms with Crippen LogP contribution < -0.4 is 5.43 Å². The van der Waals surface area contributed by atoms with Gasteiger partial charge in [0.05, 0.1) is 11.9 Å². The van der Waals surface area contributed by atoms with Crippen molar-refractivity contribution < 1.29 is 0 Å². The number of halogens is 1. The van der Waals surface area contributed by atoms with E-state index in [9.17, 15) is 0 Å². The fourth-order valence-electron chi connectivity index (χ4n) is 1.83. The Morgan fingerprint density at radius 2 is 1.91 bits per heavy atom. The molecule has 0 unspecified atom stereocenters. The van der Waals surface area contributed by atoms with E-state index in [1.54, 1.807) is 6.21 Å². The highest BCUT2D eigenvalue weighted by Gasteiger charge is 2.03. The van der Waals surface area contributed by atoms with E-state index in [1.165, 1.54) is 14.9 Å². The zero-order chi connectivity index (χ0) is 15.4. The van der Waals surface area contributed by atoms with Crippen molar-refractivity contribution in [2.75, 3.05) is 5.43 Å². The van der Waals surface area contributed by atoms with Gasteiger partial charge in [-0.2, -0.15) is 5.10 Å². The molecule has 0 aliphatic rings. The van der Waals surface area contributed by atoms with E-state index in [1.807, 2.05) is 29.6 Å². The maximum absolute atomic E-state index is 4.54. The first-order chi connectivity index (χ1) is 10.7. The third-order valence-electron chi connectivity index (χ3n) is 2.94. The molecule has 110 valence electrons. The van der Waals surface area contributed by atoms with E-state index in [2.05, 4.69) is 75.0 Å². The summed E-state index contributed by atoms with van der Waals surface area (Å²) in [5.74, 6) is 0. The van der Waals surface area contributed by atoms with Crippen molar-refractivity contribution in [1.29, 1.82) is 0 Å². The van der Waals surface area contributed by atoms with Crippen LogP contribution in [0.25, 0.3) is 11.3 Å². The van der Waals surface area contributed by atoms with Crippen LogP contribution in [0.4, 0.5) is 5.13 Å².